The molecule has 0 aliphatic carbocycles. The molecule has 0 bridgehead atoms. The van der Waals surface area contributed by atoms with Crippen LogP contribution in [0.4, 0.5) is 10.1 Å². The minimum atomic E-state index is -0.629. The van der Waals surface area contributed by atoms with E-state index < -0.39 is 18.3 Å². The van der Waals surface area contributed by atoms with Crippen LogP contribution in [-0.4, -0.2) is 24.9 Å². The van der Waals surface area contributed by atoms with Crippen molar-refractivity contribution in [3.8, 4) is 0 Å². The van der Waals surface area contributed by atoms with Crippen LogP contribution in [0.25, 0.3) is 0 Å². The molecule has 0 atom stereocenters. The van der Waals surface area contributed by atoms with Gasteiger partial charge in [-0.15, -0.1) is 0 Å². The fourth-order valence-corrected chi connectivity index (χ4v) is 2.49. The molecule has 0 spiro atoms. The van der Waals surface area contributed by atoms with Gasteiger partial charge >= 0.3 is 7.12 Å². The van der Waals surface area contributed by atoms with Crippen molar-refractivity contribution >= 4 is 18.3 Å². The molecule has 2 aliphatic rings. The Balaban J connectivity index is 1.96. The van der Waals surface area contributed by atoms with Crippen LogP contribution in [0.2, 0.25) is 0 Å². The van der Waals surface area contributed by atoms with Gasteiger partial charge in [-0.25, -0.2) is 4.39 Å². The molecule has 1 aromatic rings. The van der Waals surface area contributed by atoms with Gasteiger partial charge in [0.25, 0.3) is 0 Å². The number of benzene rings is 1. The van der Waals surface area contributed by atoms with Gasteiger partial charge in [0.05, 0.1) is 11.2 Å². The molecule has 102 valence electrons. The molecule has 0 unspecified atom stereocenters. The highest BCUT2D eigenvalue weighted by molar-refractivity contribution is 6.62. The molecule has 2 aliphatic heterocycles. The zero-order valence-electron chi connectivity index (χ0n) is 11.8. The van der Waals surface area contributed by atoms with Gasteiger partial charge in [-0.3, -0.25) is 0 Å². The molecule has 2 heterocycles. The minimum absolute atomic E-state index is 0.272. The first-order valence-electron chi connectivity index (χ1n) is 6.72. The molecule has 0 radical (unpaired) electrons. The number of rotatable bonds is 1. The normalized spacial score (nSPS) is 23.3. The van der Waals surface area contributed by atoms with Gasteiger partial charge in [0.2, 0.25) is 0 Å². The molecular weight excluding hydrogens is 244 g/mol. The Hall–Kier alpha value is -1.07. The first kappa shape index (κ1) is 12.9. The zero-order chi connectivity index (χ0) is 13.8. The molecule has 3 rings (SSSR count). The highest BCUT2D eigenvalue weighted by atomic mass is 19.1. The molecule has 0 aromatic heterocycles. The van der Waals surface area contributed by atoms with Gasteiger partial charge in [0.15, 0.2) is 0 Å². The average Bonchev–Trinajstić information content (AvgIpc) is 2.80. The zero-order valence-corrected chi connectivity index (χ0v) is 11.8. The Morgan fingerprint density at radius 3 is 2.42 bits per heavy atom. The van der Waals surface area contributed by atoms with E-state index in [0.29, 0.717) is 5.46 Å². The van der Waals surface area contributed by atoms with Crippen LogP contribution >= 0.6 is 0 Å². The second-order valence-corrected chi connectivity index (χ2v) is 6.30. The van der Waals surface area contributed by atoms with E-state index in [1.165, 1.54) is 0 Å². The molecule has 0 amide bonds. The maximum absolute atomic E-state index is 14.2. The van der Waals surface area contributed by atoms with Crippen molar-refractivity contribution in [3.05, 3.63) is 23.5 Å². The molecule has 1 fully saturated rings. The third-order valence-electron chi connectivity index (χ3n) is 4.44. The number of fused-ring (bicyclic) bond motifs is 1. The fourth-order valence-electron chi connectivity index (χ4n) is 2.49. The number of hydrogen-bond donors (Lipinski definition) is 1. The first-order chi connectivity index (χ1) is 8.80. The predicted octanol–water partition coefficient (Wildman–Crippen LogP) is 2.09. The maximum atomic E-state index is 14.2. The Morgan fingerprint density at radius 2 is 1.79 bits per heavy atom. The van der Waals surface area contributed by atoms with E-state index in [0.717, 1.165) is 24.2 Å². The number of nitrogens with one attached hydrogen (secondary N) is 1. The summed E-state index contributed by atoms with van der Waals surface area (Å²) < 4.78 is 26.0. The molecule has 1 saturated heterocycles. The van der Waals surface area contributed by atoms with Crippen LogP contribution < -0.4 is 10.8 Å². The van der Waals surface area contributed by atoms with Crippen molar-refractivity contribution in [2.24, 2.45) is 0 Å². The smallest absolute Gasteiger partial charge is 0.399 e. The molecule has 19 heavy (non-hydrogen) atoms. The lowest BCUT2D eigenvalue weighted by Crippen LogP contribution is -2.41. The molecule has 5 heteroatoms. The second-order valence-electron chi connectivity index (χ2n) is 6.30. The second kappa shape index (κ2) is 3.96. The summed E-state index contributed by atoms with van der Waals surface area (Å²) in [6, 6.07) is 3.41. The Bertz CT molecular complexity index is 514. The number of hydrogen-bond acceptors (Lipinski definition) is 3. The highest BCUT2D eigenvalue weighted by Gasteiger charge is 2.52. The molecular formula is C14H19BFNO2. The van der Waals surface area contributed by atoms with Gasteiger partial charge in [-0.2, -0.15) is 0 Å². The maximum Gasteiger partial charge on any atom is 0.497 e. The van der Waals surface area contributed by atoms with Crippen molar-refractivity contribution < 1.29 is 13.7 Å². The van der Waals surface area contributed by atoms with Gasteiger partial charge < -0.3 is 14.6 Å². The van der Waals surface area contributed by atoms with E-state index in [9.17, 15) is 4.39 Å². The fraction of sp³-hybridized carbons (Fsp3) is 0.571. The van der Waals surface area contributed by atoms with Gasteiger partial charge in [-0.1, -0.05) is 6.07 Å². The summed E-state index contributed by atoms with van der Waals surface area (Å²) in [5, 5.41) is 3.17. The number of anilines is 1. The Morgan fingerprint density at radius 1 is 1.16 bits per heavy atom. The van der Waals surface area contributed by atoms with E-state index in [2.05, 4.69) is 5.32 Å². The highest BCUT2D eigenvalue weighted by Crippen LogP contribution is 2.37. The van der Waals surface area contributed by atoms with E-state index in [-0.39, 0.29) is 5.82 Å². The standard InChI is InChI=1S/C14H19BFNO2/c1-13(2)14(3,4)19-15(18-13)10-7-9-5-6-17-12(9)8-11(10)16/h7-8,17H,5-6H2,1-4H3. The Kier molecular flexibility index (Phi) is 2.70. The molecule has 0 saturated carbocycles. The molecule has 3 nitrogen and oxygen atoms in total. The summed E-state index contributed by atoms with van der Waals surface area (Å²) in [5.74, 6) is -0.272. The van der Waals surface area contributed by atoms with Gasteiger partial charge in [0.1, 0.15) is 5.82 Å². The lowest BCUT2D eigenvalue weighted by Gasteiger charge is -2.32. The number of halogens is 1. The topological polar surface area (TPSA) is 30.5 Å². The van der Waals surface area contributed by atoms with E-state index in [1.807, 2.05) is 33.8 Å². The van der Waals surface area contributed by atoms with Crippen molar-refractivity contribution in [2.45, 2.75) is 45.3 Å². The summed E-state index contributed by atoms with van der Waals surface area (Å²) in [6.07, 6.45) is 0.919. The lowest BCUT2D eigenvalue weighted by molar-refractivity contribution is 0.00578. The van der Waals surface area contributed by atoms with Crippen LogP contribution in [0, 0.1) is 5.82 Å². The summed E-state index contributed by atoms with van der Waals surface area (Å²) in [5.41, 5.74) is 1.63. The van der Waals surface area contributed by atoms with Gasteiger partial charge in [-0.05, 0) is 45.7 Å². The lowest BCUT2D eigenvalue weighted by atomic mass is 9.77. The summed E-state index contributed by atoms with van der Waals surface area (Å²) >= 11 is 0. The van der Waals surface area contributed by atoms with Crippen molar-refractivity contribution in [2.75, 3.05) is 11.9 Å². The van der Waals surface area contributed by atoms with Crippen molar-refractivity contribution in [1.29, 1.82) is 0 Å². The third-order valence-corrected chi connectivity index (χ3v) is 4.44. The van der Waals surface area contributed by atoms with E-state index >= 15 is 0 Å². The Labute approximate surface area is 113 Å². The average molecular weight is 263 g/mol. The largest absolute Gasteiger partial charge is 0.497 e. The molecule has 1 aromatic carbocycles. The first-order valence-corrected chi connectivity index (χ1v) is 6.72. The predicted molar refractivity (Wildman–Crippen MR) is 74.3 cm³/mol. The van der Waals surface area contributed by atoms with Crippen LogP contribution in [0.15, 0.2) is 12.1 Å². The van der Waals surface area contributed by atoms with Crippen LogP contribution in [-0.2, 0) is 15.7 Å². The van der Waals surface area contributed by atoms with E-state index in [1.54, 1.807) is 6.07 Å². The van der Waals surface area contributed by atoms with Crippen LogP contribution in [0.5, 0.6) is 0 Å². The van der Waals surface area contributed by atoms with Crippen LogP contribution in [0.1, 0.15) is 33.3 Å². The summed E-state index contributed by atoms with van der Waals surface area (Å²) in [6.45, 7) is 8.75. The van der Waals surface area contributed by atoms with Gasteiger partial charge in [0, 0.05) is 17.7 Å². The van der Waals surface area contributed by atoms with E-state index in [4.69, 9.17) is 9.31 Å². The quantitative estimate of drug-likeness (QED) is 0.787. The SMILES string of the molecule is CC1(C)OB(c2cc3c(cc2F)NCC3)OC1(C)C. The van der Waals surface area contributed by atoms with Crippen LogP contribution in [0.3, 0.4) is 0 Å². The molecule has 1 N–H and O–H groups in total. The monoisotopic (exact) mass is 263 g/mol. The third kappa shape index (κ3) is 1.96. The van der Waals surface area contributed by atoms with Crippen molar-refractivity contribution in [3.63, 3.8) is 0 Å². The minimum Gasteiger partial charge on any atom is -0.399 e. The van der Waals surface area contributed by atoms with Crippen molar-refractivity contribution in [1.82, 2.24) is 0 Å². The summed E-state index contributed by atoms with van der Waals surface area (Å²) in [4.78, 5) is 0. The summed E-state index contributed by atoms with van der Waals surface area (Å²) in [7, 11) is -0.629.